The molecule has 0 saturated carbocycles. The number of aromatic hydroxyl groups is 1. The fourth-order valence-corrected chi connectivity index (χ4v) is 14.6. The number of pyridine rings is 1. The van der Waals surface area contributed by atoms with E-state index in [2.05, 4.69) is 73.8 Å². The average Bonchev–Trinajstić information content (AvgIpc) is 0.895. The van der Waals surface area contributed by atoms with Crippen LogP contribution >= 0.6 is 23.5 Å². The highest BCUT2D eigenvalue weighted by molar-refractivity contribution is 7.98. The predicted octanol–water partition coefficient (Wildman–Crippen LogP) is 0.548. The molecule has 5 aromatic rings. The predicted molar refractivity (Wildman–Crippen MR) is 424 cm³/mol. The van der Waals surface area contributed by atoms with Gasteiger partial charge in [-0.05, 0) is 130 Å². The summed E-state index contributed by atoms with van der Waals surface area (Å²) < 4.78 is 0. The number of carbonyl (C=O) groups excluding carboxylic acids is 14. The maximum Gasteiger partial charge on any atom is 0.246 e. The van der Waals surface area contributed by atoms with Gasteiger partial charge in [0.25, 0.3) is 0 Å². The second-order valence-corrected chi connectivity index (χ2v) is 32.8. The number of phenolic OH excluding ortho intramolecular Hbond substituents is 1. The lowest BCUT2D eigenvalue weighted by Gasteiger charge is -2.36. The monoisotopic (exact) mass is 1600 g/mol. The molecule has 0 radical (unpaired) electrons. The van der Waals surface area contributed by atoms with E-state index in [1.54, 1.807) is 83.3 Å². The lowest BCUT2D eigenvalue weighted by Crippen LogP contribution is -2.67. The van der Waals surface area contributed by atoms with E-state index in [9.17, 15) is 77.6 Å². The van der Waals surface area contributed by atoms with Gasteiger partial charge in [-0.25, -0.2) is 4.98 Å². The Morgan fingerprint density at radius 3 is 1.79 bits per heavy atom. The van der Waals surface area contributed by atoms with Gasteiger partial charge in [0.05, 0.1) is 12.2 Å². The Morgan fingerprint density at radius 1 is 0.628 bits per heavy atom. The molecule has 4 heterocycles. The Labute approximate surface area is 664 Å². The number of H-pyrrole nitrogens is 1. The van der Waals surface area contributed by atoms with Crippen LogP contribution in [0.5, 0.6) is 5.75 Å². The summed E-state index contributed by atoms with van der Waals surface area (Å²) in [4.78, 5) is 208. The molecule has 612 valence electrons. The minimum atomic E-state index is -1.92. The number of benzene rings is 3. The Balaban J connectivity index is 1.24. The van der Waals surface area contributed by atoms with Crippen molar-refractivity contribution in [1.82, 2.24) is 73.4 Å². The Bertz CT molecular complexity index is 4300. The van der Waals surface area contributed by atoms with Gasteiger partial charge in [-0.3, -0.25) is 67.1 Å². The number of hydrogen-bond acceptors (Lipinski definition) is 20. The van der Waals surface area contributed by atoms with Gasteiger partial charge in [0.15, 0.2) is 0 Å². The molecule has 33 nitrogen and oxygen atoms in total. The number of thioether (sulfide) groups is 2. The second-order valence-electron chi connectivity index (χ2n) is 30.7. The number of primary amides is 1. The fourth-order valence-electron chi connectivity index (χ4n) is 12.6. The van der Waals surface area contributed by atoms with Crippen molar-refractivity contribution in [3.8, 4) is 5.75 Å². The lowest BCUT2D eigenvalue weighted by molar-refractivity contribution is -0.143. The molecule has 1 fully saturated rings. The number of aromatic amines is 1. The summed E-state index contributed by atoms with van der Waals surface area (Å²) in [7, 11) is 0. The number of hydrogen-bond donors (Lipinski definition) is 17. The molecule has 35 heteroatoms. The minimum absolute atomic E-state index is 0.00650. The number of amides is 14. The number of nitrogens with one attached hydrogen (secondary N) is 13. The van der Waals surface area contributed by atoms with Crippen molar-refractivity contribution >= 4 is 123 Å². The van der Waals surface area contributed by atoms with E-state index in [0.29, 0.717) is 39.2 Å². The standard InChI is InChI=1S/C78H106N16O17S2/c1-40(2)78(13)75(111)90-61(43(5)96)71(107)88-57(63(79)100)38-112-36-48-17-14-18-49(31-48)37-113-39-58(84-45(7)98)66(102)91-62(76(8,9)10)72(108)87-56(33-46-21-25-51(26-22-46)83-44(6)97)73(109)94-30-16-20-59(94)69(105)89-60(42(4)95)70(106)86-55(34-50-35-81-64-53(50)19-15-29-80-64)67(103)92-77(11,12)74(110)82-41(3)65(101)85-54(68(104)93-78)32-47-23-27-52(99)28-24-47/h14-15,17-19,21-29,31,35,40-43,54-62,95-96,99H,16,20,30,32-34,36-39H2,1-13H3,(H2,79,100)(H,80,81)(H,82,110)(H,83,97)(H,84,98)(H,85,101)(H,86,106)(H,87,108)(H,88,107)(H,89,105)(H,90,111)(H,91,102)(H,92,103)(H,93,104)/t41-,42+,43+,54-,55-,56-,57-,58-,59-,60-,61-,62+,78-/m0/s1. The Hall–Kier alpha value is -10.7. The molecule has 18 N–H and O–H groups in total. The number of nitrogens with zero attached hydrogens (tertiary/aromatic N) is 2. The molecule has 13 atom stereocenters. The van der Waals surface area contributed by atoms with Crippen LogP contribution in [0.25, 0.3) is 11.0 Å². The average molecular weight is 1600 g/mol. The number of anilines is 1. The second kappa shape index (κ2) is 39.7. The van der Waals surface area contributed by atoms with Gasteiger partial charge in [-0.15, -0.1) is 0 Å². The molecule has 0 spiro atoms. The molecule has 0 aliphatic carbocycles. The highest BCUT2D eigenvalue weighted by atomic mass is 32.2. The van der Waals surface area contributed by atoms with E-state index >= 15 is 4.79 Å². The molecular formula is C78H106N16O17S2. The zero-order valence-corrected chi connectivity index (χ0v) is 67.3. The largest absolute Gasteiger partial charge is 0.508 e. The van der Waals surface area contributed by atoms with Gasteiger partial charge in [-0.1, -0.05) is 83.1 Å². The molecule has 2 bridgehead atoms. The van der Waals surface area contributed by atoms with E-state index in [4.69, 9.17) is 5.73 Å². The third-order valence-corrected chi connectivity index (χ3v) is 21.7. The number of rotatable bonds is 12. The van der Waals surface area contributed by atoms with Crippen LogP contribution in [0, 0.1) is 11.3 Å². The van der Waals surface area contributed by atoms with E-state index in [-0.39, 0.29) is 67.6 Å². The molecule has 14 amide bonds. The summed E-state index contributed by atoms with van der Waals surface area (Å²) in [5.41, 5.74) is 4.72. The minimum Gasteiger partial charge on any atom is -0.508 e. The molecule has 7 rings (SSSR count). The van der Waals surface area contributed by atoms with Gasteiger partial charge in [0, 0.05) is 86.1 Å². The number of carbonyl (C=O) groups is 14. The number of phenols is 1. The molecule has 3 aromatic carbocycles. The van der Waals surface area contributed by atoms with Crippen LogP contribution in [-0.4, -0.2) is 215 Å². The van der Waals surface area contributed by atoms with Gasteiger partial charge < -0.3 is 94.7 Å². The zero-order chi connectivity index (χ0) is 83.6. The quantitative estimate of drug-likeness (QED) is 0.0811. The van der Waals surface area contributed by atoms with Crippen molar-refractivity contribution in [1.29, 1.82) is 0 Å². The van der Waals surface area contributed by atoms with E-state index in [1.165, 1.54) is 114 Å². The molecule has 2 aliphatic rings. The summed E-state index contributed by atoms with van der Waals surface area (Å²) >= 11 is 2.51. The number of aromatic nitrogens is 2. The molecule has 2 aromatic heterocycles. The zero-order valence-electron chi connectivity index (χ0n) is 65.7. The topological polar surface area (TPSA) is 502 Å². The van der Waals surface area contributed by atoms with Crippen LogP contribution in [0.2, 0.25) is 0 Å². The third kappa shape index (κ3) is 25.2. The fraction of sp³-hybridized carbons (Fsp3) is 0.500. The lowest BCUT2D eigenvalue weighted by atomic mass is 9.85. The summed E-state index contributed by atoms with van der Waals surface area (Å²) in [6, 6.07) is 7.96. The first kappa shape index (κ1) is 89.6. The number of aliphatic hydroxyl groups is 2. The van der Waals surface area contributed by atoms with Gasteiger partial charge >= 0.3 is 0 Å². The van der Waals surface area contributed by atoms with Gasteiger partial charge in [0.2, 0.25) is 82.7 Å². The maximum absolute atomic E-state index is 15.3. The maximum atomic E-state index is 15.3. The Morgan fingerprint density at radius 2 is 1.19 bits per heavy atom. The third-order valence-electron chi connectivity index (χ3n) is 19.5. The summed E-state index contributed by atoms with van der Waals surface area (Å²) in [6.45, 7) is 18.5. The molecule has 1 saturated heterocycles. The number of nitrogens with two attached hydrogens (primary N) is 1. The summed E-state index contributed by atoms with van der Waals surface area (Å²) in [5, 5.41) is 65.0. The number of fused-ring (bicyclic) bond motifs is 4. The van der Waals surface area contributed by atoms with Crippen molar-refractivity contribution < 1.29 is 82.4 Å². The SMILES string of the molecule is CC(=O)Nc1ccc(C[C@@H]2NC(=O)[C@H](C(C)(C)C)NC(=O)[C@@H](NC(C)=O)CSCc3cccc(c3)CSC[C@@H](C(N)=O)NC(=O)[C@H]([C@@H](C)O)NC(=O)[C@](C)(C(C)C)NC(=O)[C@H](Cc3ccc(O)cc3)NC(=O)[C@H](C)NC(=O)C(C)(C)NC(=O)[C@H](Cc3c[nH]c4ncccc34)NC(=O)[C@H]([C@@H](C)O)NC(=O)[C@@H]3CCCN3C2=O)cc1. The molecule has 0 unspecified atom stereocenters. The van der Waals surface area contributed by atoms with E-state index < -0.39 is 172 Å². The first-order valence-corrected chi connectivity index (χ1v) is 39.5. The normalized spacial score (nSPS) is 25.2. The Kier molecular flexibility index (Phi) is 31.5. The highest BCUT2D eigenvalue weighted by Gasteiger charge is 2.46. The van der Waals surface area contributed by atoms with Crippen LogP contribution in [0.15, 0.2) is 97.3 Å². The van der Waals surface area contributed by atoms with Crippen LogP contribution in [0.4, 0.5) is 5.69 Å². The van der Waals surface area contributed by atoms with Gasteiger partial charge in [0.1, 0.15) is 82.9 Å². The first-order chi connectivity index (χ1) is 53.0. The number of aliphatic hydroxyl groups excluding tert-OH is 2. The van der Waals surface area contributed by atoms with Crippen LogP contribution in [-0.2, 0) is 97.9 Å². The van der Waals surface area contributed by atoms with Crippen molar-refractivity contribution in [2.75, 3.05) is 23.4 Å². The summed E-state index contributed by atoms with van der Waals surface area (Å²) in [5.74, 6) is -12.2. The highest BCUT2D eigenvalue weighted by Crippen LogP contribution is 2.27. The van der Waals surface area contributed by atoms with Gasteiger partial charge in [-0.2, -0.15) is 23.5 Å². The summed E-state index contributed by atoms with van der Waals surface area (Å²) in [6.07, 6.45) is -0.608. The molecule has 2 aliphatic heterocycles. The van der Waals surface area contributed by atoms with Crippen molar-refractivity contribution in [3.05, 3.63) is 125 Å². The van der Waals surface area contributed by atoms with E-state index in [1.807, 2.05) is 18.2 Å². The smallest absolute Gasteiger partial charge is 0.246 e. The van der Waals surface area contributed by atoms with Crippen LogP contribution < -0.4 is 69.5 Å². The van der Waals surface area contributed by atoms with Crippen molar-refractivity contribution in [2.45, 2.75) is 217 Å². The molecule has 113 heavy (non-hydrogen) atoms. The van der Waals surface area contributed by atoms with Crippen molar-refractivity contribution in [3.63, 3.8) is 0 Å². The van der Waals surface area contributed by atoms with Crippen molar-refractivity contribution in [2.24, 2.45) is 17.1 Å². The van der Waals surface area contributed by atoms with E-state index in [0.717, 1.165) is 11.1 Å². The first-order valence-electron chi connectivity index (χ1n) is 37.2. The molecular weight excluding hydrogens is 1500 g/mol. The van der Waals surface area contributed by atoms with Crippen LogP contribution in [0.1, 0.15) is 131 Å². The van der Waals surface area contributed by atoms with Crippen LogP contribution in [0.3, 0.4) is 0 Å².